The van der Waals surface area contributed by atoms with Crippen LogP contribution in [0.4, 0.5) is 14.9 Å². The third kappa shape index (κ3) is 6.60. The Balaban J connectivity index is 1.44. The maximum Gasteiger partial charge on any atom is 0.293 e. The molecule has 9 heteroatoms. The van der Waals surface area contributed by atoms with Gasteiger partial charge in [-0.25, -0.2) is 4.39 Å². The van der Waals surface area contributed by atoms with E-state index in [0.717, 1.165) is 33.5 Å². The normalized spacial score (nSPS) is 14.2. The van der Waals surface area contributed by atoms with Gasteiger partial charge >= 0.3 is 0 Å². The first-order valence-electron chi connectivity index (χ1n) is 12.0. The van der Waals surface area contributed by atoms with Crippen LogP contribution in [0.15, 0.2) is 65.6 Å². The van der Waals surface area contributed by atoms with Gasteiger partial charge in [-0.2, -0.15) is 0 Å². The van der Waals surface area contributed by atoms with Crippen molar-refractivity contribution in [3.05, 3.63) is 93.6 Å². The SMILES string of the molecule is CCOc1cc(/C=C2\SC(=O)N(Cc3ccc(F)cc3)C2=O)ccc1OCC(=O)Nc1cc(C)ccc1C. The Labute approximate surface area is 224 Å². The maximum atomic E-state index is 13.2. The molecule has 0 spiro atoms. The van der Waals surface area contributed by atoms with E-state index in [1.165, 1.54) is 24.3 Å². The summed E-state index contributed by atoms with van der Waals surface area (Å²) in [7, 11) is 0. The molecule has 4 rings (SSSR count). The summed E-state index contributed by atoms with van der Waals surface area (Å²) in [4.78, 5) is 39.2. The second-order valence-corrected chi connectivity index (χ2v) is 9.68. The number of nitrogens with zero attached hydrogens (tertiary/aromatic N) is 1. The van der Waals surface area contributed by atoms with Crippen molar-refractivity contribution in [1.29, 1.82) is 0 Å². The molecule has 3 aromatic carbocycles. The fraction of sp³-hybridized carbons (Fsp3) is 0.207. The molecule has 1 aliphatic heterocycles. The zero-order valence-corrected chi connectivity index (χ0v) is 22.1. The van der Waals surface area contributed by atoms with Gasteiger partial charge in [-0.05, 0) is 91.2 Å². The number of nitrogens with one attached hydrogen (secondary N) is 1. The lowest BCUT2D eigenvalue weighted by molar-refractivity contribution is -0.123. The Morgan fingerprint density at radius 2 is 1.76 bits per heavy atom. The number of carbonyl (C=O) groups is 3. The van der Waals surface area contributed by atoms with E-state index >= 15 is 0 Å². The third-order valence-electron chi connectivity index (χ3n) is 5.72. The van der Waals surface area contributed by atoms with Crippen LogP contribution in [0, 0.1) is 19.7 Å². The van der Waals surface area contributed by atoms with Crippen LogP contribution < -0.4 is 14.8 Å². The first-order chi connectivity index (χ1) is 18.2. The monoisotopic (exact) mass is 534 g/mol. The van der Waals surface area contributed by atoms with Gasteiger partial charge in [-0.1, -0.05) is 30.3 Å². The standard InChI is InChI=1S/C29H27FN2O5S/c1-4-36-25-14-21(9-12-24(25)37-17-27(33)31-23-13-18(2)5-6-19(23)3)15-26-28(34)32(29(35)38-26)16-20-7-10-22(30)11-8-20/h5-15H,4,16-17H2,1-3H3,(H,31,33)/b26-15-. The van der Waals surface area contributed by atoms with E-state index in [1.54, 1.807) is 24.3 Å². The molecule has 3 amide bonds. The minimum absolute atomic E-state index is 0.0589. The molecule has 0 saturated carbocycles. The molecule has 38 heavy (non-hydrogen) atoms. The highest BCUT2D eigenvalue weighted by Gasteiger charge is 2.35. The summed E-state index contributed by atoms with van der Waals surface area (Å²) >= 11 is 0.839. The number of ether oxygens (including phenoxy) is 2. The van der Waals surface area contributed by atoms with E-state index in [-0.39, 0.29) is 29.8 Å². The fourth-order valence-electron chi connectivity index (χ4n) is 3.76. The van der Waals surface area contributed by atoms with E-state index in [9.17, 15) is 18.8 Å². The summed E-state index contributed by atoms with van der Waals surface area (Å²) in [6, 6.07) is 16.5. The second-order valence-electron chi connectivity index (χ2n) is 8.69. The summed E-state index contributed by atoms with van der Waals surface area (Å²) in [5, 5.41) is 2.46. The molecule has 1 aliphatic rings. The number of imide groups is 1. The predicted molar refractivity (Wildman–Crippen MR) is 146 cm³/mol. The molecule has 3 aromatic rings. The smallest absolute Gasteiger partial charge is 0.293 e. The molecule has 0 bridgehead atoms. The van der Waals surface area contributed by atoms with E-state index < -0.39 is 11.1 Å². The second kappa shape index (κ2) is 12.0. The number of amides is 3. The van der Waals surface area contributed by atoms with Crippen molar-refractivity contribution in [3.8, 4) is 11.5 Å². The van der Waals surface area contributed by atoms with Gasteiger partial charge in [-0.15, -0.1) is 0 Å². The number of thioether (sulfide) groups is 1. The highest BCUT2D eigenvalue weighted by atomic mass is 32.2. The zero-order chi connectivity index (χ0) is 27.2. The molecule has 1 fully saturated rings. The molecule has 0 atom stereocenters. The largest absolute Gasteiger partial charge is 0.490 e. The zero-order valence-electron chi connectivity index (χ0n) is 21.2. The summed E-state index contributed by atoms with van der Waals surface area (Å²) < 4.78 is 24.6. The Hall–Kier alpha value is -4.11. The number of carbonyl (C=O) groups excluding carboxylic acids is 3. The summed E-state index contributed by atoms with van der Waals surface area (Å²) in [5.41, 5.74) is 4.00. The average Bonchev–Trinajstić information content (AvgIpc) is 3.14. The Bertz CT molecular complexity index is 1400. The minimum atomic E-state index is -0.425. The topological polar surface area (TPSA) is 84.9 Å². The summed E-state index contributed by atoms with van der Waals surface area (Å²) in [6.07, 6.45) is 1.61. The molecule has 1 heterocycles. The summed E-state index contributed by atoms with van der Waals surface area (Å²) in [6.45, 7) is 5.90. The number of hydrogen-bond acceptors (Lipinski definition) is 6. The van der Waals surface area contributed by atoms with E-state index in [1.807, 2.05) is 39.0 Å². The number of aryl methyl sites for hydroxylation is 2. The summed E-state index contributed by atoms with van der Waals surface area (Å²) in [5.74, 6) is -0.330. The van der Waals surface area contributed by atoms with Gasteiger partial charge in [-0.3, -0.25) is 19.3 Å². The van der Waals surface area contributed by atoms with Gasteiger partial charge in [0.1, 0.15) is 5.82 Å². The maximum absolute atomic E-state index is 13.2. The molecule has 0 unspecified atom stereocenters. The fourth-order valence-corrected chi connectivity index (χ4v) is 4.60. The van der Waals surface area contributed by atoms with Crippen molar-refractivity contribution in [1.82, 2.24) is 4.90 Å². The number of benzene rings is 3. The van der Waals surface area contributed by atoms with Crippen molar-refractivity contribution in [3.63, 3.8) is 0 Å². The van der Waals surface area contributed by atoms with Crippen LogP contribution in [-0.2, 0) is 16.1 Å². The molecular weight excluding hydrogens is 507 g/mol. The van der Waals surface area contributed by atoms with Gasteiger partial charge in [0.05, 0.1) is 18.1 Å². The number of hydrogen-bond donors (Lipinski definition) is 1. The minimum Gasteiger partial charge on any atom is -0.490 e. The molecule has 0 radical (unpaired) electrons. The van der Waals surface area contributed by atoms with Crippen LogP contribution in [0.1, 0.15) is 29.2 Å². The first-order valence-corrected chi connectivity index (χ1v) is 12.8. The van der Waals surface area contributed by atoms with Crippen LogP contribution in [0.3, 0.4) is 0 Å². The van der Waals surface area contributed by atoms with Gasteiger partial charge in [0.25, 0.3) is 17.1 Å². The molecule has 0 aromatic heterocycles. The molecule has 7 nitrogen and oxygen atoms in total. The molecule has 1 saturated heterocycles. The van der Waals surface area contributed by atoms with Crippen LogP contribution in [0.2, 0.25) is 0 Å². The van der Waals surface area contributed by atoms with Crippen LogP contribution >= 0.6 is 11.8 Å². The van der Waals surface area contributed by atoms with Crippen molar-refractivity contribution in [2.75, 3.05) is 18.5 Å². The quantitative estimate of drug-likeness (QED) is 0.334. The molecule has 1 N–H and O–H groups in total. The van der Waals surface area contributed by atoms with Crippen LogP contribution in [0.5, 0.6) is 11.5 Å². The van der Waals surface area contributed by atoms with Crippen molar-refractivity contribution in [2.24, 2.45) is 0 Å². The molecular formula is C29H27FN2O5S. The van der Waals surface area contributed by atoms with E-state index in [0.29, 0.717) is 29.2 Å². The molecule has 196 valence electrons. The highest BCUT2D eigenvalue weighted by molar-refractivity contribution is 8.18. The first kappa shape index (κ1) is 26.9. The lowest BCUT2D eigenvalue weighted by atomic mass is 10.1. The van der Waals surface area contributed by atoms with Gasteiger partial charge in [0, 0.05) is 5.69 Å². The average molecular weight is 535 g/mol. The molecule has 0 aliphatic carbocycles. The Morgan fingerprint density at radius 3 is 2.50 bits per heavy atom. The number of anilines is 1. The van der Waals surface area contributed by atoms with E-state index in [4.69, 9.17) is 9.47 Å². The van der Waals surface area contributed by atoms with E-state index in [2.05, 4.69) is 5.32 Å². The lowest BCUT2D eigenvalue weighted by Gasteiger charge is -2.14. The highest BCUT2D eigenvalue weighted by Crippen LogP contribution is 2.35. The third-order valence-corrected chi connectivity index (χ3v) is 6.63. The number of rotatable bonds is 9. The Morgan fingerprint density at radius 1 is 1.00 bits per heavy atom. The van der Waals surface area contributed by atoms with Crippen molar-refractivity contribution in [2.45, 2.75) is 27.3 Å². The van der Waals surface area contributed by atoms with Gasteiger partial charge in [0.2, 0.25) is 0 Å². The van der Waals surface area contributed by atoms with Gasteiger partial charge in [0.15, 0.2) is 18.1 Å². The Kier molecular flexibility index (Phi) is 8.48. The van der Waals surface area contributed by atoms with Crippen LogP contribution in [0.25, 0.3) is 6.08 Å². The van der Waals surface area contributed by atoms with Crippen molar-refractivity contribution >= 4 is 40.6 Å². The van der Waals surface area contributed by atoms with Gasteiger partial charge < -0.3 is 14.8 Å². The van der Waals surface area contributed by atoms with Crippen LogP contribution in [-0.4, -0.2) is 35.2 Å². The predicted octanol–water partition coefficient (Wildman–Crippen LogP) is 6.10. The number of halogens is 1. The lowest BCUT2D eigenvalue weighted by Crippen LogP contribution is -2.27. The van der Waals surface area contributed by atoms with Crippen molar-refractivity contribution < 1.29 is 28.2 Å².